The summed E-state index contributed by atoms with van der Waals surface area (Å²) in [5, 5.41) is 3.28. The minimum atomic E-state index is -0.429. The van der Waals surface area contributed by atoms with Crippen molar-refractivity contribution in [2.45, 2.75) is 19.4 Å². The highest BCUT2D eigenvalue weighted by atomic mass is 35.5. The highest BCUT2D eigenvalue weighted by Crippen LogP contribution is 2.17. The van der Waals surface area contributed by atoms with Crippen LogP contribution in [0, 0.1) is 5.82 Å². The van der Waals surface area contributed by atoms with Gasteiger partial charge in [-0.2, -0.15) is 0 Å². The van der Waals surface area contributed by atoms with Crippen LogP contribution in [-0.2, 0) is 0 Å². The Balaban J connectivity index is 2.68. The number of pyridine rings is 1. The fraction of sp³-hybridized carbons (Fsp3) is 0.545. The number of halogens is 2. The molecule has 90 valence electrons. The molecule has 0 atom stereocenters. The van der Waals surface area contributed by atoms with E-state index < -0.39 is 5.82 Å². The van der Waals surface area contributed by atoms with Crippen molar-refractivity contribution in [3.8, 4) is 0 Å². The first kappa shape index (κ1) is 13.2. The first-order chi connectivity index (χ1) is 7.33. The summed E-state index contributed by atoms with van der Waals surface area (Å²) in [6.07, 6.45) is 1.43. The van der Waals surface area contributed by atoms with E-state index in [2.05, 4.69) is 29.0 Å². The zero-order chi connectivity index (χ0) is 12.3. The number of anilines is 1. The summed E-state index contributed by atoms with van der Waals surface area (Å²) in [7, 11) is 3.96. The van der Waals surface area contributed by atoms with E-state index in [0.717, 1.165) is 0 Å². The Hall–Kier alpha value is -0.870. The maximum Gasteiger partial charge on any atom is 0.166 e. The predicted molar refractivity (Wildman–Crippen MR) is 65.5 cm³/mol. The van der Waals surface area contributed by atoms with Gasteiger partial charge in [-0.1, -0.05) is 11.6 Å². The monoisotopic (exact) mass is 245 g/mol. The molecular formula is C11H17ClFN3. The molecule has 0 bridgehead atoms. The molecule has 1 aromatic rings. The van der Waals surface area contributed by atoms with Gasteiger partial charge in [-0.3, -0.25) is 0 Å². The van der Waals surface area contributed by atoms with Gasteiger partial charge in [0.05, 0.1) is 5.02 Å². The number of hydrogen-bond acceptors (Lipinski definition) is 3. The fourth-order valence-electron chi connectivity index (χ4n) is 1.00. The average molecular weight is 246 g/mol. The smallest absolute Gasteiger partial charge is 0.166 e. The Morgan fingerprint density at radius 1 is 1.50 bits per heavy atom. The van der Waals surface area contributed by atoms with Gasteiger partial charge in [0, 0.05) is 18.3 Å². The Kier molecular flexibility index (Phi) is 4.10. The lowest BCUT2D eigenvalue weighted by Gasteiger charge is -2.32. The number of nitrogens with one attached hydrogen (secondary N) is 1. The van der Waals surface area contributed by atoms with Gasteiger partial charge >= 0.3 is 0 Å². The Bertz CT molecular complexity index is 366. The zero-order valence-electron chi connectivity index (χ0n) is 10.0. The molecule has 0 saturated heterocycles. The van der Waals surface area contributed by atoms with Crippen LogP contribution in [0.4, 0.5) is 10.2 Å². The molecule has 0 radical (unpaired) electrons. The molecule has 0 unspecified atom stereocenters. The van der Waals surface area contributed by atoms with Crippen molar-refractivity contribution in [1.82, 2.24) is 9.88 Å². The summed E-state index contributed by atoms with van der Waals surface area (Å²) in [5.41, 5.74) is -0.0756. The van der Waals surface area contributed by atoms with Gasteiger partial charge in [-0.15, -0.1) is 0 Å². The Morgan fingerprint density at radius 3 is 2.62 bits per heavy atom. The van der Waals surface area contributed by atoms with Crippen LogP contribution in [-0.4, -0.2) is 36.1 Å². The maximum absolute atomic E-state index is 13.4. The van der Waals surface area contributed by atoms with E-state index in [4.69, 9.17) is 11.6 Å². The van der Waals surface area contributed by atoms with Gasteiger partial charge < -0.3 is 10.2 Å². The zero-order valence-corrected chi connectivity index (χ0v) is 10.8. The number of likely N-dealkylation sites (N-methyl/N-ethyl adjacent to an activating group) is 1. The van der Waals surface area contributed by atoms with Crippen molar-refractivity contribution >= 4 is 17.4 Å². The highest BCUT2D eigenvalue weighted by Gasteiger charge is 2.20. The Morgan fingerprint density at radius 2 is 2.12 bits per heavy atom. The van der Waals surface area contributed by atoms with E-state index in [0.29, 0.717) is 11.6 Å². The lowest BCUT2D eigenvalue weighted by molar-refractivity contribution is 0.209. The molecule has 0 amide bonds. The van der Waals surface area contributed by atoms with Gasteiger partial charge in [0.15, 0.2) is 11.6 Å². The van der Waals surface area contributed by atoms with E-state index in [1.54, 1.807) is 0 Å². The summed E-state index contributed by atoms with van der Waals surface area (Å²) in [5.74, 6) is -0.193. The fourth-order valence-corrected chi connectivity index (χ4v) is 1.15. The van der Waals surface area contributed by atoms with Gasteiger partial charge in [0.2, 0.25) is 0 Å². The van der Waals surface area contributed by atoms with E-state index in [1.165, 1.54) is 12.3 Å². The highest BCUT2D eigenvalue weighted by molar-refractivity contribution is 6.30. The molecule has 0 aliphatic heterocycles. The van der Waals surface area contributed by atoms with Crippen molar-refractivity contribution in [3.63, 3.8) is 0 Å². The number of rotatable bonds is 4. The first-order valence-electron chi connectivity index (χ1n) is 5.05. The molecule has 1 heterocycles. The quantitative estimate of drug-likeness (QED) is 0.884. The largest absolute Gasteiger partial charge is 0.366 e. The summed E-state index contributed by atoms with van der Waals surface area (Å²) < 4.78 is 13.4. The van der Waals surface area contributed by atoms with Crippen LogP contribution >= 0.6 is 11.6 Å². The standard InChI is InChI=1S/C11H17ClFN3/c1-11(2,16(3)4)7-15-10-9(13)5-8(12)6-14-10/h5-6H,7H2,1-4H3,(H,14,15). The van der Waals surface area contributed by atoms with Gasteiger partial charge in [0.1, 0.15) is 0 Å². The number of hydrogen-bond donors (Lipinski definition) is 1. The second kappa shape index (κ2) is 4.97. The average Bonchev–Trinajstić information content (AvgIpc) is 2.16. The van der Waals surface area contributed by atoms with Crippen LogP contribution in [0.5, 0.6) is 0 Å². The molecule has 0 aliphatic rings. The normalized spacial score (nSPS) is 11.9. The van der Waals surface area contributed by atoms with Crippen LogP contribution in [0.25, 0.3) is 0 Å². The minimum Gasteiger partial charge on any atom is -0.366 e. The second-order valence-electron chi connectivity index (χ2n) is 4.54. The molecule has 16 heavy (non-hydrogen) atoms. The molecule has 0 saturated carbocycles. The number of nitrogens with zero attached hydrogens (tertiary/aromatic N) is 2. The third-order valence-electron chi connectivity index (χ3n) is 2.71. The summed E-state index contributed by atoms with van der Waals surface area (Å²) in [6.45, 7) is 4.73. The van der Waals surface area contributed by atoms with Crippen LogP contribution < -0.4 is 5.32 Å². The van der Waals surface area contributed by atoms with Gasteiger partial charge in [-0.05, 0) is 34.0 Å². The molecule has 1 rings (SSSR count). The minimum absolute atomic E-state index is 0.0756. The van der Waals surface area contributed by atoms with Crippen LogP contribution in [0.15, 0.2) is 12.3 Å². The molecule has 3 nitrogen and oxygen atoms in total. The van der Waals surface area contributed by atoms with E-state index >= 15 is 0 Å². The van der Waals surface area contributed by atoms with Crippen molar-refractivity contribution in [1.29, 1.82) is 0 Å². The van der Waals surface area contributed by atoms with E-state index in [9.17, 15) is 4.39 Å². The van der Waals surface area contributed by atoms with E-state index in [-0.39, 0.29) is 11.4 Å². The SMILES string of the molecule is CN(C)C(C)(C)CNc1ncc(Cl)cc1F. The lowest BCUT2D eigenvalue weighted by Crippen LogP contribution is -2.44. The van der Waals surface area contributed by atoms with Crippen LogP contribution in [0.1, 0.15) is 13.8 Å². The van der Waals surface area contributed by atoms with Gasteiger partial charge in [0.25, 0.3) is 0 Å². The topological polar surface area (TPSA) is 28.2 Å². The van der Waals surface area contributed by atoms with Crippen molar-refractivity contribution in [2.24, 2.45) is 0 Å². The predicted octanol–water partition coefficient (Wildman–Crippen LogP) is 2.63. The van der Waals surface area contributed by atoms with Crippen molar-refractivity contribution in [2.75, 3.05) is 26.0 Å². The van der Waals surface area contributed by atoms with Crippen molar-refractivity contribution < 1.29 is 4.39 Å². The first-order valence-corrected chi connectivity index (χ1v) is 5.43. The summed E-state index contributed by atoms with van der Waals surface area (Å²) in [4.78, 5) is 5.97. The molecule has 1 N–H and O–H groups in total. The maximum atomic E-state index is 13.4. The number of aromatic nitrogens is 1. The van der Waals surface area contributed by atoms with Crippen molar-refractivity contribution in [3.05, 3.63) is 23.1 Å². The third-order valence-corrected chi connectivity index (χ3v) is 2.91. The molecule has 5 heteroatoms. The lowest BCUT2D eigenvalue weighted by atomic mass is 10.0. The molecular weight excluding hydrogens is 229 g/mol. The molecule has 1 aromatic heterocycles. The van der Waals surface area contributed by atoms with Crippen LogP contribution in [0.3, 0.4) is 0 Å². The molecule has 0 spiro atoms. The van der Waals surface area contributed by atoms with Gasteiger partial charge in [-0.25, -0.2) is 9.37 Å². The summed E-state index contributed by atoms with van der Waals surface area (Å²) in [6, 6.07) is 1.25. The molecule has 0 aromatic carbocycles. The molecule has 0 aliphatic carbocycles. The molecule has 0 fully saturated rings. The van der Waals surface area contributed by atoms with E-state index in [1.807, 2.05) is 14.1 Å². The van der Waals surface area contributed by atoms with Crippen LogP contribution in [0.2, 0.25) is 5.02 Å². The third kappa shape index (κ3) is 3.32. The second-order valence-corrected chi connectivity index (χ2v) is 4.98. The Labute approximate surface area is 101 Å². The summed E-state index contributed by atoms with van der Waals surface area (Å²) >= 11 is 5.62.